The van der Waals surface area contributed by atoms with Crippen molar-refractivity contribution in [2.75, 3.05) is 6.54 Å². The third-order valence-corrected chi connectivity index (χ3v) is 3.93. The van der Waals surface area contributed by atoms with Gasteiger partial charge in [-0.15, -0.1) is 0 Å². The Balaban J connectivity index is 1.86. The monoisotopic (exact) mass is 335 g/mol. The zero-order valence-corrected chi connectivity index (χ0v) is 12.4. The summed E-state index contributed by atoms with van der Waals surface area (Å²) in [5.41, 5.74) is 0.458. The largest absolute Gasteiger partial charge is 0.327 e. The molecule has 2 aromatic rings. The van der Waals surface area contributed by atoms with Gasteiger partial charge in [0.15, 0.2) is 0 Å². The molecule has 0 aromatic carbocycles. The van der Waals surface area contributed by atoms with Gasteiger partial charge < -0.3 is 4.90 Å². The predicted octanol–water partition coefficient (Wildman–Crippen LogP) is 2.33. The van der Waals surface area contributed by atoms with Crippen molar-refractivity contribution >= 4 is 21.8 Å². The Morgan fingerprint density at radius 2 is 2.25 bits per heavy atom. The summed E-state index contributed by atoms with van der Waals surface area (Å²) in [4.78, 5) is 22.8. The van der Waals surface area contributed by atoms with Crippen LogP contribution in [-0.4, -0.2) is 37.5 Å². The molecule has 2 aromatic heterocycles. The Kier molecular flexibility index (Phi) is 3.77. The van der Waals surface area contributed by atoms with E-state index in [1.807, 2.05) is 11.0 Å². The fourth-order valence-electron chi connectivity index (χ4n) is 2.48. The van der Waals surface area contributed by atoms with Gasteiger partial charge in [-0.25, -0.2) is 9.97 Å². The highest BCUT2D eigenvalue weighted by atomic mass is 79.9. The number of piperidine rings is 1. The topological polar surface area (TPSA) is 74.8 Å². The van der Waals surface area contributed by atoms with E-state index in [1.165, 1.54) is 6.33 Å². The van der Waals surface area contributed by atoms with E-state index in [0.717, 1.165) is 36.1 Å². The van der Waals surface area contributed by atoms with Gasteiger partial charge in [-0.05, 0) is 47.3 Å². The number of pyridine rings is 1. The molecule has 0 spiro atoms. The SMILES string of the molecule is O=C(c1ccc(Br)cn1)N1CCCC[C@H]1c1ncn[nH]1. The number of amides is 1. The van der Waals surface area contributed by atoms with Crippen LogP contribution in [0.3, 0.4) is 0 Å². The molecule has 1 aliphatic heterocycles. The maximum Gasteiger partial charge on any atom is 0.273 e. The maximum atomic E-state index is 12.6. The van der Waals surface area contributed by atoms with Crippen molar-refractivity contribution in [3.8, 4) is 0 Å². The van der Waals surface area contributed by atoms with E-state index in [1.54, 1.807) is 12.3 Å². The molecular formula is C13H14BrN5O. The normalized spacial score (nSPS) is 19.1. The Morgan fingerprint density at radius 1 is 1.35 bits per heavy atom. The Labute approximate surface area is 124 Å². The summed E-state index contributed by atoms with van der Waals surface area (Å²) in [7, 11) is 0. The highest BCUT2D eigenvalue weighted by molar-refractivity contribution is 9.10. The van der Waals surface area contributed by atoms with Crippen LogP contribution < -0.4 is 0 Å². The van der Waals surface area contributed by atoms with Gasteiger partial charge in [0.2, 0.25) is 0 Å². The van der Waals surface area contributed by atoms with Gasteiger partial charge in [0, 0.05) is 17.2 Å². The van der Waals surface area contributed by atoms with E-state index >= 15 is 0 Å². The van der Waals surface area contributed by atoms with Crippen LogP contribution in [0.1, 0.15) is 41.6 Å². The van der Waals surface area contributed by atoms with Gasteiger partial charge in [0.05, 0.1) is 6.04 Å². The Bertz CT molecular complexity index is 583. The van der Waals surface area contributed by atoms with Crippen molar-refractivity contribution in [1.82, 2.24) is 25.1 Å². The molecule has 20 heavy (non-hydrogen) atoms. The Morgan fingerprint density at radius 3 is 2.95 bits per heavy atom. The summed E-state index contributed by atoms with van der Waals surface area (Å²) in [6.45, 7) is 0.724. The second-order valence-corrected chi connectivity index (χ2v) is 5.66. The molecule has 0 unspecified atom stereocenters. The van der Waals surface area contributed by atoms with Gasteiger partial charge in [-0.3, -0.25) is 9.89 Å². The fraction of sp³-hybridized carbons (Fsp3) is 0.385. The molecule has 3 heterocycles. The molecule has 0 bridgehead atoms. The number of aromatic amines is 1. The number of likely N-dealkylation sites (tertiary alicyclic amines) is 1. The predicted molar refractivity (Wildman–Crippen MR) is 75.9 cm³/mol. The van der Waals surface area contributed by atoms with Gasteiger partial charge in [-0.2, -0.15) is 5.10 Å². The van der Waals surface area contributed by atoms with Crippen molar-refractivity contribution in [1.29, 1.82) is 0 Å². The van der Waals surface area contributed by atoms with Crippen LogP contribution in [0.4, 0.5) is 0 Å². The van der Waals surface area contributed by atoms with Crippen molar-refractivity contribution in [3.63, 3.8) is 0 Å². The van der Waals surface area contributed by atoms with Gasteiger partial charge in [-0.1, -0.05) is 0 Å². The van der Waals surface area contributed by atoms with E-state index in [4.69, 9.17) is 0 Å². The number of hydrogen-bond donors (Lipinski definition) is 1. The van der Waals surface area contributed by atoms with Crippen LogP contribution in [0, 0.1) is 0 Å². The van der Waals surface area contributed by atoms with Crippen molar-refractivity contribution in [2.24, 2.45) is 0 Å². The van der Waals surface area contributed by atoms with E-state index in [9.17, 15) is 4.79 Å². The molecule has 3 rings (SSSR count). The number of carbonyl (C=O) groups is 1. The number of hydrogen-bond acceptors (Lipinski definition) is 4. The lowest BCUT2D eigenvalue weighted by molar-refractivity contribution is 0.0594. The number of rotatable bonds is 2. The molecule has 1 amide bonds. The molecule has 0 saturated carbocycles. The molecule has 6 nitrogen and oxygen atoms in total. The number of nitrogens with zero attached hydrogens (tertiary/aromatic N) is 4. The van der Waals surface area contributed by atoms with Gasteiger partial charge in [0.25, 0.3) is 5.91 Å². The van der Waals surface area contributed by atoms with Crippen LogP contribution >= 0.6 is 15.9 Å². The number of aromatic nitrogens is 4. The molecule has 1 atom stereocenters. The average Bonchev–Trinajstić information content (AvgIpc) is 3.01. The number of H-pyrrole nitrogens is 1. The zero-order valence-electron chi connectivity index (χ0n) is 10.8. The average molecular weight is 336 g/mol. The first kappa shape index (κ1) is 13.2. The Hall–Kier alpha value is -1.76. The van der Waals surface area contributed by atoms with Crippen LogP contribution in [0.25, 0.3) is 0 Å². The molecule has 0 aliphatic carbocycles. The number of carbonyl (C=O) groups excluding carboxylic acids is 1. The second kappa shape index (κ2) is 5.70. The van der Waals surface area contributed by atoms with Crippen LogP contribution in [0.5, 0.6) is 0 Å². The highest BCUT2D eigenvalue weighted by Crippen LogP contribution is 2.29. The lowest BCUT2D eigenvalue weighted by Crippen LogP contribution is -2.39. The first-order valence-corrected chi connectivity index (χ1v) is 7.33. The van der Waals surface area contributed by atoms with E-state index in [-0.39, 0.29) is 11.9 Å². The molecule has 1 saturated heterocycles. The first-order chi connectivity index (χ1) is 9.75. The summed E-state index contributed by atoms with van der Waals surface area (Å²) in [6.07, 6.45) is 6.11. The summed E-state index contributed by atoms with van der Waals surface area (Å²) in [5.74, 6) is 0.689. The number of halogens is 1. The molecular weight excluding hydrogens is 322 g/mol. The molecule has 1 aliphatic rings. The molecule has 1 N–H and O–H groups in total. The lowest BCUT2D eigenvalue weighted by atomic mass is 10.0. The smallest absolute Gasteiger partial charge is 0.273 e. The zero-order chi connectivity index (χ0) is 13.9. The molecule has 7 heteroatoms. The maximum absolute atomic E-state index is 12.6. The second-order valence-electron chi connectivity index (χ2n) is 4.74. The van der Waals surface area contributed by atoms with E-state index in [0.29, 0.717) is 5.69 Å². The minimum Gasteiger partial charge on any atom is -0.327 e. The fourth-order valence-corrected chi connectivity index (χ4v) is 2.72. The third-order valence-electron chi connectivity index (χ3n) is 3.46. The lowest BCUT2D eigenvalue weighted by Gasteiger charge is -2.34. The quantitative estimate of drug-likeness (QED) is 0.913. The van der Waals surface area contributed by atoms with E-state index in [2.05, 4.69) is 36.1 Å². The van der Waals surface area contributed by atoms with Crippen LogP contribution in [-0.2, 0) is 0 Å². The molecule has 1 fully saturated rings. The van der Waals surface area contributed by atoms with Crippen molar-refractivity contribution in [2.45, 2.75) is 25.3 Å². The minimum absolute atomic E-state index is 0.0378. The summed E-state index contributed by atoms with van der Waals surface area (Å²) < 4.78 is 0.861. The van der Waals surface area contributed by atoms with Gasteiger partial charge >= 0.3 is 0 Å². The van der Waals surface area contributed by atoms with Gasteiger partial charge in [0.1, 0.15) is 17.8 Å². The van der Waals surface area contributed by atoms with Crippen LogP contribution in [0.15, 0.2) is 29.1 Å². The van der Waals surface area contributed by atoms with Crippen molar-refractivity contribution in [3.05, 3.63) is 40.6 Å². The molecule has 104 valence electrons. The number of nitrogens with one attached hydrogen (secondary N) is 1. The standard InChI is InChI=1S/C13H14BrN5O/c14-9-4-5-10(15-7-9)13(20)19-6-2-1-3-11(19)12-16-8-17-18-12/h4-5,7-8,11H,1-3,6H2,(H,16,17,18)/t11-/m0/s1. The van der Waals surface area contributed by atoms with E-state index < -0.39 is 0 Å². The summed E-state index contributed by atoms with van der Waals surface area (Å²) in [5, 5.41) is 6.75. The molecule has 0 radical (unpaired) electrons. The first-order valence-electron chi connectivity index (χ1n) is 6.53. The van der Waals surface area contributed by atoms with Crippen molar-refractivity contribution < 1.29 is 4.79 Å². The highest BCUT2D eigenvalue weighted by Gasteiger charge is 2.30. The third kappa shape index (κ3) is 2.58. The minimum atomic E-state index is -0.0569. The summed E-state index contributed by atoms with van der Waals surface area (Å²) in [6, 6.07) is 3.52. The summed E-state index contributed by atoms with van der Waals surface area (Å²) >= 11 is 3.32. The van der Waals surface area contributed by atoms with Crippen LogP contribution in [0.2, 0.25) is 0 Å².